The first-order valence-electron chi connectivity index (χ1n) is 16.6. The van der Waals surface area contributed by atoms with Crippen molar-refractivity contribution in [3.63, 3.8) is 0 Å². The Labute approximate surface area is 327 Å². The molecule has 0 saturated carbocycles. The summed E-state index contributed by atoms with van der Waals surface area (Å²) >= 11 is 0.916. The van der Waals surface area contributed by atoms with Gasteiger partial charge in [-0.25, -0.2) is 28.6 Å². The lowest BCUT2D eigenvalue weighted by atomic mass is 9.87. The lowest BCUT2D eigenvalue weighted by Crippen LogP contribution is -2.46. The first kappa shape index (κ1) is 48.6. The highest BCUT2D eigenvalue weighted by Crippen LogP contribution is 2.61. The van der Waals surface area contributed by atoms with Crippen LogP contribution in [0.3, 0.4) is 0 Å². The summed E-state index contributed by atoms with van der Waals surface area (Å²) in [5, 5.41) is 34.7. The third kappa shape index (κ3) is 15.4. The zero-order valence-corrected chi connectivity index (χ0v) is 33.8. The van der Waals surface area contributed by atoms with E-state index in [-0.39, 0.29) is 79.0 Å². The molecule has 3 unspecified atom stereocenters. The van der Waals surface area contributed by atoms with Crippen molar-refractivity contribution in [2.45, 2.75) is 70.2 Å². The van der Waals surface area contributed by atoms with E-state index in [1.807, 2.05) is 0 Å². The number of ether oxygens (including phenoxy) is 1. The predicted octanol–water partition coefficient (Wildman–Crippen LogP) is -1.60. The number of fused-ring (bicyclic) bond motifs is 1. The average Bonchev–Trinajstić information content (AvgIpc) is 3.67. The van der Waals surface area contributed by atoms with Crippen molar-refractivity contribution < 1.29 is 90.4 Å². The number of hydrogen-bond acceptors (Lipinski definition) is 20. The molecule has 7 atom stereocenters. The number of nitrogens with zero attached hydrogens (tertiary/aromatic N) is 4. The summed E-state index contributed by atoms with van der Waals surface area (Å²) in [5.41, 5.74) is 4.21. The fourth-order valence-corrected chi connectivity index (χ4v) is 8.37. The van der Waals surface area contributed by atoms with Crippen LogP contribution in [0.4, 0.5) is 5.82 Å². The topological polar surface area (TPSA) is 401 Å². The second-order valence-electron chi connectivity index (χ2n) is 12.8. The predicted molar refractivity (Wildman–Crippen MR) is 193 cm³/mol. The van der Waals surface area contributed by atoms with Crippen LogP contribution in [-0.4, -0.2) is 140 Å². The minimum Gasteiger partial charge on any atom is -0.396 e. The average molecular weight is 896 g/mol. The number of imidazole rings is 1. The number of nitrogen functional groups attached to an aromatic ring is 1. The van der Waals surface area contributed by atoms with Gasteiger partial charge in [-0.05, 0) is 0 Å². The van der Waals surface area contributed by atoms with Gasteiger partial charge in [0.15, 0.2) is 22.8 Å². The van der Waals surface area contributed by atoms with Gasteiger partial charge in [-0.2, -0.15) is 4.31 Å². The number of nitrogens with two attached hydrogens (primary N) is 1. The molecule has 11 N–H and O–H groups in total. The molecule has 1 aliphatic heterocycles. The quantitative estimate of drug-likeness (QED) is 0.0419. The highest BCUT2D eigenvalue weighted by Gasteiger charge is 2.50. The van der Waals surface area contributed by atoms with Crippen molar-refractivity contribution in [1.29, 1.82) is 0 Å². The van der Waals surface area contributed by atoms with Gasteiger partial charge in [0.2, 0.25) is 11.8 Å². The largest absolute Gasteiger partial charge is 0.481 e. The Morgan fingerprint density at radius 1 is 1.00 bits per heavy atom. The number of rotatable bonds is 24. The number of thioether (sulfide) groups is 1. The molecule has 3 heterocycles. The van der Waals surface area contributed by atoms with Crippen molar-refractivity contribution >= 4 is 74.9 Å². The number of amides is 2. The van der Waals surface area contributed by atoms with E-state index in [9.17, 15) is 62.7 Å². The molecular formula is C27H44N7O19P3S. The molecule has 0 radical (unpaired) electrons. The molecule has 0 spiro atoms. The van der Waals surface area contributed by atoms with Crippen LogP contribution in [0.25, 0.3) is 11.2 Å². The number of aliphatic hydroxyl groups excluding tert-OH is 3. The van der Waals surface area contributed by atoms with Gasteiger partial charge in [0.25, 0.3) is 0 Å². The van der Waals surface area contributed by atoms with Crippen LogP contribution in [-0.2, 0) is 55.5 Å². The van der Waals surface area contributed by atoms with Crippen LogP contribution in [0.15, 0.2) is 12.7 Å². The Morgan fingerprint density at radius 2 is 1.68 bits per heavy atom. The number of hydrogen-bond donors (Lipinski definition) is 10. The van der Waals surface area contributed by atoms with Crippen LogP contribution in [0.1, 0.15) is 45.8 Å². The van der Waals surface area contributed by atoms with Crippen LogP contribution in [0, 0.1) is 5.41 Å². The maximum atomic E-state index is 12.7. The van der Waals surface area contributed by atoms with Crippen LogP contribution >= 0.6 is 35.2 Å². The van der Waals surface area contributed by atoms with E-state index in [0.717, 1.165) is 29.0 Å². The number of aromatic nitrogens is 4. The van der Waals surface area contributed by atoms with E-state index in [4.69, 9.17) is 24.6 Å². The maximum absolute atomic E-state index is 12.7. The third-order valence-corrected chi connectivity index (χ3v) is 11.8. The summed E-state index contributed by atoms with van der Waals surface area (Å²) in [5.74, 6) is -1.58. The zero-order valence-electron chi connectivity index (χ0n) is 30.3. The summed E-state index contributed by atoms with van der Waals surface area (Å²) < 4.78 is 62.0. The van der Waals surface area contributed by atoms with E-state index >= 15 is 0 Å². The molecular weight excluding hydrogens is 851 g/mol. The second-order valence-corrected chi connectivity index (χ2v) is 18.2. The van der Waals surface area contributed by atoms with Gasteiger partial charge in [-0.3, -0.25) is 37.3 Å². The van der Waals surface area contributed by atoms with Gasteiger partial charge in [-0.1, -0.05) is 25.6 Å². The fourth-order valence-electron chi connectivity index (χ4n) is 4.86. The van der Waals surface area contributed by atoms with E-state index in [0.29, 0.717) is 0 Å². The number of anilines is 1. The molecule has 57 heavy (non-hydrogen) atoms. The molecule has 1 fully saturated rings. The Bertz CT molecular complexity index is 1880. The number of phosphoric ester groups is 3. The molecule has 2 amide bonds. The number of carbonyl (C=O) groups is 4. The van der Waals surface area contributed by atoms with Crippen molar-refractivity contribution in [3.8, 4) is 0 Å². The summed E-state index contributed by atoms with van der Waals surface area (Å²) in [6, 6.07) is 0. The van der Waals surface area contributed by atoms with E-state index < -0.39 is 84.6 Å². The molecule has 2 aromatic rings. The molecule has 0 bridgehead atoms. The Morgan fingerprint density at radius 3 is 2.35 bits per heavy atom. The molecule has 0 aromatic carbocycles. The number of Topliss-reactive ketones (excluding diaryl/α,β-unsaturated/α-hetero) is 1. The van der Waals surface area contributed by atoms with Crippen molar-refractivity contribution in [2.24, 2.45) is 5.41 Å². The minimum absolute atomic E-state index is 0.000664. The fraction of sp³-hybridized carbons (Fsp3) is 0.667. The molecule has 1 aliphatic rings. The standard InChI is InChI=1S/C27H44N7O19P3S/c1-27(2,22(40)25(41)30-7-5-17(37)29-8-10-57-18(38)4-3-15(36)6-9-35)12-50-56(47,48)53-55(45,46)49-11-16-21(52-54(42,43)44)20(39)26(51-16)34-14-33-19-23(28)31-13-32-24(19)34/h13-14,16,20-22,26,35,39-40H,3-12H2,1-2H3,(H,29,37)(H,30,41)(H,45,46)(H,47,48)(H2,28,31,32)(H2,42,43,44)/t16-,20-,21-,22?,26-/m1/s1. The smallest absolute Gasteiger partial charge is 0.396 e. The van der Waals surface area contributed by atoms with Crippen molar-refractivity contribution in [2.75, 3.05) is 44.4 Å². The molecule has 3 rings (SSSR count). The first-order chi connectivity index (χ1) is 26.4. The number of phosphoric acid groups is 3. The van der Waals surface area contributed by atoms with Crippen LogP contribution < -0.4 is 16.4 Å². The zero-order chi connectivity index (χ0) is 42.8. The molecule has 0 aliphatic carbocycles. The van der Waals surface area contributed by atoms with Crippen molar-refractivity contribution in [1.82, 2.24) is 30.2 Å². The highest BCUT2D eigenvalue weighted by molar-refractivity contribution is 8.13. The normalized spacial score (nSPS) is 21.4. The van der Waals surface area contributed by atoms with Crippen LogP contribution in [0.2, 0.25) is 0 Å². The van der Waals surface area contributed by atoms with Gasteiger partial charge < -0.3 is 56.0 Å². The monoisotopic (exact) mass is 895 g/mol. The SMILES string of the molecule is CC(C)(COP(=O)(O)OP(=O)(O)OC[C@H]1O[C@@H](n2cnc3c(N)ncnc32)[C@H](O)[C@@H]1OP(=O)(O)O)C(O)C(=O)NCCC(=O)NCCSC(=O)CCC(=O)CCO. The summed E-state index contributed by atoms with van der Waals surface area (Å²) in [7, 11) is -16.4. The number of carbonyl (C=O) groups excluding carboxylic acids is 4. The second kappa shape index (κ2) is 20.9. The Hall–Kier alpha value is -2.81. The highest BCUT2D eigenvalue weighted by atomic mass is 32.2. The summed E-state index contributed by atoms with van der Waals surface area (Å²) in [4.78, 5) is 98.7. The lowest BCUT2D eigenvalue weighted by molar-refractivity contribution is -0.137. The van der Waals surface area contributed by atoms with Gasteiger partial charge in [-0.15, -0.1) is 0 Å². The molecule has 26 nitrogen and oxygen atoms in total. The summed E-state index contributed by atoms with van der Waals surface area (Å²) in [6.45, 7) is -0.0306. The van der Waals surface area contributed by atoms with E-state index in [1.54, 1.807) is 0 Å². The van der Waals surface area contributed by atoms with Gasteiger partial charge >= 0.3 is 23.5 Å². The maximum Gasteiger partial charge on any atom is 0.481 e. The number of aliphatic hydroxyl groups is 3. The van der Waals surface area contributed by atoms with Gasteiger partial charge in [0.1, 0.15) is 42.0 Å². The van der Waals surface area contributed by atoms with E-state index in [2.05, 4.69) is 34.4 Å². The number of nitrogens with one attached hydrogen (secondary N) is 2. The van der Waals surface area contributed by atoms with Gasteiger partial charge in [0.05, 0.1) is 19.5 Å². The van der Waals surface area contributed by atoms with Crippen molar-refractivity contribution in [3.05, 3.63) is 12.7 Å². The third-order valence-electron chi connectivity index (χ3n) is 7.76. The lowest BCUT2D eigenvalue weighted by Gasteiger charge is -2.30. The van der Waals surface area contributed by atoms with Gasteiger partial charge in [0, 0.05) is 56.5 Å². The number of ketones is 1. The van der Waals surface area contributed by atoms with E-state index in [1.165, 1.54) is 13.8 Å². The molecule has 1 saturated heterocycles. The summed E-state index contributed by atoms with van der Waals surface area (Å²) in [6.07, 6.45) is -7.08. The molecule has 2 aromatic heterocycles. The minimum atomic E-state index is -5.59. The Kier molecular flexibility index (Phi) is 17.8. The molecule has 322 valence electrons. The Balaban J connectivity index is 1.46. The molecule has 30 heteroatoms. The van der Waals surface area contributed by atoms with Crippen LogP contribution in [0.5, 0.6) is 0 Å². The first-order valence-corrected chi connectivity index (χ1v) is 22.1.